The van der Waals surface area contributed by atoms with Gasteiger partial charge in [-0.1, -0.05) is 12.1 Å². The van der Waals surface area contributed by atoms with Gasteiger partial charge >= 0.3 is 6.18 Å². The molecule has 0 saturated heterocycles. The number of para-hydroxylation sites is 1. The van der Waals surface area contributed by atoms with Crippen LogP contribution in [0.25, 0.3) is 16.7 Å². The van der Waals surface area contributed by atoms with E-state index < -0.39 is 17.6 Å². The number of nitrogens with zero attached hydrogens (tertiary/aromatic N) is 2. The number of hydrogen-bond acceptors (Lipinski definition) is 2. The number of hydrogen-bond donors (Lipinski definition) is 1. The molecular formula is C14H9F4N3. The lowest BCUT2D eigenvalue weighted by Gasteiger charge is -2.11. The number of aromatic nitrogens is 2. The summed E-state index contributed by atoms with van der Waals surface area (Å²) in [5.41, 5.74) is 5.42. The molecule has 3 nitrogen and oxygen atoms in total. The van der Waals surface area contributed by atoms with Crippen LogP contribution in [0.15, 0.2) is 42.5 Å². The van der Waals surface area contributed by atoms with E-state index in [-0.39, 0.29) is 17.2 Å². The maximum absolute atomic E-state index is 13.7. The van der Waals surface area contributed by atoms with Crippen molar-refractivity contribution in [1.82, 2.24) is 9.55 Å². The minimum absolute atomic E-state index is 0.0208. The second-order valence-electron chi connectivity index (χ2n) is 4.46. The zero-order valence-corrected chi connectivity index (χ0v) is 10.5. The monoisotopic (exact) mass is 295 g/mol. The molecule has 0 amide bonds. The molecule has 3 rings (SSSR count). The maximum Gasteiger partial charge on any atom is 0.416 e. The lowest BCUT2D eigenvalue weighted by Crippen LogP contribution is -2.07. The lowest BCUT2D eigenvalue weighted by atomic mass is 10.2. The van der Waals surface area contributed by atoms with Crippen molar-refractivity contribution >= 4 is 17.0 Å². The quantitative estimate of drug-likeness (QED) is 0.695. The Morgan fingerprint density at radius 2 is 1.76 bits per heavy atom. The molecule has 0 radical (unpaired) electrons. The van der Waals surface area contributed by atoms with Crippen LogP contribution in [-0.2, 0) is 6.18 Å². The Balaban J connectivity index is 2.26. The molecule has 0 saturated carbocycles. The summed E-state index contributed by atoms with van der Waals surface area (Å²) in [5.74, 6) is -0.653. The molecule has 0 aliphatic heterocycles. The van der Waals surface area contributed by atoms with Crippen molar-refractivity contribution < 1.29 is 17.6 Å². The fraction of sp³-hybridized carbons (Fsp3) is 0.0714. The molecule has 0 bridgehead atoms. The number of nitrogens with two attached hydrogens (primary N) is 1. The summed E-state index contributed by atoms with van der Waals surface area (Å²) in [6.45, 7) is 0. The number of alkyl halides is 3. The second kappa shape index (κ2) is 4.47. The molecule has 1 aromatic heterocycles. The van der Waals surface area contributed by atoms with Crippen molar-refractivity contribution in [2.24, 2.45) is 0 Å². The molecule has 2 aromatic carbocycles. The molecule has 7 heteroatoms. The molecule has 21 heavy (non-hydrogen) atoms. The van der Waals surface area contributed by atoms with E-state index >= 15 is 0 Å². The third-order valence-electron chi connectivity index (χ3n) is 3.09. The van der Waals surface area contributed by atoms with Crippen LogP contribution in [0.2, 0.25) is 0 Å². The van der Waals surface area contributed by atoms with Gasteiger partial charge in [0.2, 0.25) is 5.95 Å². The van der Waals surface area contributed by atoms with Gasteiger partial charge in [-0.2, -0.15) is 13.2 Å². The van der Waals surface area contributed by atoms with E-state index in [1.165, 1.54) is 28.8 Å². The largest absolute Gasteiger partial charge is 0.416 e. The van der Waals surface area contributed by atoms with Crippen LogP contribution >= 0.6 is 0 Å². The number of halogens is 4. The second-order valence-corrected chi connectivity index (χ2v) is 4.46. The van der Waals surface area contributed by atoms with Gasteiger partial charge in [0.15, 0.2) is 5.82 Å². The first-order chi connectivity index (χ1) is 9.88. The van der Waals surface area contributed by atoms with E-state index in [0.717, 1.165) is 12.1 Å². The summed E-state index contributed by atoms with van der Waals surface area (Å²) in [6, 6.07) is 8.83. The summed E-state index contributed by atoms with van der Waals surface area (Å²) in [5, 5.41) is 0. The first-order valence-electron chi connectivity index (χ1n) is 5.98. The highest BCUT2D eigenvalue weighted by atomic mass is 19.4. The van der Waals surface area contributed by atoms with Crippen LogP contribution in [0, 0.1) is 5.82 Å². The van der Waals surface area contributed by atoms with Gasteiger partial charge in [0.25, 0.3) is 0 Å². The Labute approximate surface area is 116 Å². The Bertz CT molecular complexity index is 821. The zero-order chi connectivity index (χ0) is 15.2. The molecule has 3 aromatic rings. The minimum Gasteiger partial charge on any atom is -0.369 e. The molecule has 0 aliphatic rings. The topological polar surface area (TPSA) is 43.8 Å². The molecule has 1 heterocycles. The number of benzene rings is 2. The van der Waals surface area contributed by atoms with E-state index in [4.69, 9.17) is 5.73 Å². The van der Waals surface area contributed by atoms with Crippen molar-refractivity contribution in [2.45, 2.75) is 6.18 Å². The summed E-state index contributed by atoms with van der Waals surface area (Å²) in [6.07, 6.45) is -4.47. The first-order valence-corrected chi connectivity index (χ1v) is 5.98. The molecular weight excluding hydrogens is 286 g/mol. The van der Waals surface area contributed by atoms with Gasteiger partial charge in [0.05, 0.1) is 11.1 Å². The Kier molecular flexibility index (Phi) is 2.86. The van der Waals surface area contributed by atoms with Crippen molar-refractivity contribution in [3.8, 4) is 5.69 Å². The van der Waals surface area contributed by atoms with E-state index in [0.29, 0.717) is 5.52 Å². The highest BCUT2D eigenvalue weighted by Gasteiger charge is 2.30. The highest BCUT2D eigenvalue weighted by molar-refractivity contribution is 5.81. The standard InChI is InChI=1S/C14H9F4N3/c15-10-5-2-6-11-12(10)20-13(19)21(11)9-4-1-3-8(7-9)14(16,17)18/h1-7H,(H2,19,20). The van der Waals surface area contributed by atoms with Crippen LogP contribution < -0.4 is 5.73 Å². The van der Waals surface area contributed by atoms with Gasteiger partial charge < -0.3 is 5.73 Å². The smallest absolute Gasteiger partial charge is 0.369 e. The van der Waals surface area contributed by atoms with Crippen molar-refractivity contribution in [1.29, 1.82) is 0 Å². The normalized spacial score (nSPS) is 12.0. The van der Waals surface area contributed by atoms with E-state index in [1.807, 2.05) is 0 Å². The fourth-order valence-electron chi connectivity index (χ4n) is 2.18. The molecule has 2 N–H and O–H groups in total. The third-order valence-corrected chi connectivity index (χ3v) is 3.09. The number of nitrogen functional groups attached to an aromatic ring is 1. The van der Waals surface area contributed by atoms with Crippen molar-refractivity contribution in [3.63, 3.8) is 0 Å². The zero-order valence-electron chi connectivity index (χ0n) is 10.5. The molecule has 108 valence electrons. The van der Waals surface area contributed by atoms with Crippen LogP contribution in [0.4, 0.5) is 23.5 Å². The van der Waals surface area contributed by atoms with Crippen LogP contribution in [-0.4, -0.2) is 9.55 Å². The number of imidazole rings is 1. The maximum atomic E-state index is 13.7. The first kappa shape index (κ1) is 13.4. The van der Waals surface area contributed by atoms with E-state index in [1.54, 1.807) is 6.07 Å². The van der Waals surface area contributed by atoms with Gasteiger partial charge in [0, 0.05) is 5.69 Å². The van der Waals surface area contributed by atoms with E-state index in [2.05, 4.69) is 4.98 Å². The average molecular weight is 295 g/mol. The van der Waals surface area contributed by atoms with Crippen LogP contribution in [0.1, 0.15) is 5.56 Å². The summed E-state index contributed by atoms with van der Waals surface area (Å²) in [4.78, 5) is 3.87. The molecule has 0 atom stereocenters. The molecule has 0 unspecified atom stereocenters. The lowest BCUT2D eigenvalue weighted by molar-refractivity contribution is -0.137. The predicted octanol–water partition coefficient (Wildman–Crippen LogP) is 3.77. The summed E-state index contributed by atoms with van der Waals surface area (Å²) >= 11 is 0. The van der Waals surface area contributed by atoms with Crippen molar-refractivity contribution in [3.05, 3.63) is 53.8 Å². The van der Waals surface area contributed by atoms with Gasteiger partial charge in [-0.3, -0.25) is 4.57 Å². The van der Waals surface area contributed by atoms with Gasteiger partial charge in [0.1, 0.15) is 5.52 Å². The highest BCUT2D eigenvalue weighted by Crippen LogP contribution is 2.32. The number of anilines is 1. The van der Waals surface area contributed by atoms with Crippen molar-refractivity contribution in [2.75, 3.05) is 5.73 Å². The molecule has 0 spiro atoms. The predicted molar refractivity (Wildman–Crippen MR) is 70.4 cm³/mol. The fourth-order valence-corrected chi connectivity index (χ4v) is 2.18. The number of fused-ring (bicyclic) bond motifs is 1. The SMILES string of the molecule is Nc1nc2c(F)cccc2n1-c1cccc(C(F)(F)F)c1. The summed E-state index contributed by atoms with van der Waals surface area (Å²) < 4.78 is 53.3. The molecule has 0 fully saturated rings. The Hall–Kier alpha value is -2.57. The minimum atomic E-state index is -4.47. The Morgan fingerprint density at radius 3 is 2.48 bits per heavy atom. The third kappa shape index (κ3) is 2.20. The van der Waals surface area contributed by atoms with Crippen LogP contribution in [0.5, 0.6) is 0 Å². The molecule has 0 aliphatic carbocycles. The van der Waals surface area contributed by atoms with Gasteiger partial charge in [-0.05, 0) is 30.3 Å². The number of rotatable bonds is 1. The average Bonchev–Trinajstić information content (AvgIpc) is 2.76. The van der Waals surface area contributed by atoms with Crippen LogP contribution in [0.3, 0.4) is 0 Å². The van der Waals surface area contributed by atoms with Gasteiger partial charge in [-0.15, -0.1) is 0 Å². The van der Waals surface area contributed by atoms with E-state index in [9.17, 15) is 17.6 Å². The summed E-state index contributed by atoms with van der Waals surface area (Å²) in [7, 11) is 0. The van der Waals surface area contributed by atoms with Gasteiger partial charge in [-0.25, -0.2) is 9.37 Å². The Morgan fingerprint density at radius 1 is 1.05 bits per heavy atom.